The lowest BCUT2D eigenvalue weighted by Crippen LogP contribution is -2.47. The van der Waals surface area contributed by atoms with Gasteiger partial charge in [-0.2, -0.15) is 0 Å². The molecule has 17 heavy (non-hydrogen) atoms. The smallest absolute Gasteiger partial charge is 0.223 e. The minimum atomic E-state index is 0.341. The summed E-state index contributed by atoms with van der Waals surface area (Å²) in [7, 11) is 0. The van der Waals surface area contributed by atoms with Crippen molar-refractivity contribution < 1.29 is 4.79 Å². The van der Waals surface area contributed by atoms with Crippen molar-refractivity contribution in [3.8, 4) is 0 Å². The Labute approximate surface area is 106 Å². The van der Waals surface area contributed by atoms with Crippen LogP contribution in [0.15, 0.2) is 0 Å². The maximum atomic E-state index is 12.2. The molecular weight excluding hydrogens is 212 g/mol. The van der Waals surface area contributed by atoms with Crippen molar-refractivity contribution >= 4 is 5.91 Å². The molecule has 1 aliphatic heterocycles. The Morgan fingerprint density at radius 3 is 2.41 bits per heavy atom. The SMILES string of the molecule is CC(CCN)CCC(=O)N1[C@H](C)CCC[C@@H]1C. The van der Waals surface area contributed by atoms with Crippen LogP contribution in [0.2, 0.25) is 0 Å². The van der Waals surface area contributed by atoms with Crippen LogP contribution in [0.4, 0.5) is 0 Å². The number of nitrogens with zero attached hydrogens (tertiary/aromatic N) is 1. The summed E-state index contributed by atoms with van der Waals surface area (Å²) >= 11 is 0. The van der Waals surface area contributed by atoms with Gasteiger partial charge in [0.25, 0.3) is 0 Å². The summed E-state index contributed by atoms with van der Waals surface area (Å²) in [6.07, 6.45) is 6.28. The second kappa shape index (κ2) is 7.00. The molecule has 0 aromatic carbocycles. The average molecular weight is 240 g/mol. The zero-order valence-corrected chi connectivity index (χ0v) is 11.6. The fourth-order valence-corrected chi connectivity index (χ4v) is 2.84. The number of nitrogens with two attached hydrogens (primary N) is 1. The molecule has 3 heteroatoms. The summed E-state index contributed by atoms with van der Waals surface area (Å²) in [5.41, 5.74) is 5.53. The summed E-state index contributed by atoms with van der Waals surface area (Å²) in [5.74, 6) is 0.910. The van der Waals surface area contributed by atoms with E-state index in [4.69, 9.17) is 5.73 Å². The first-order valence-corrected chi connectivity index (χ1v) is 7.07. The predicted molar refractivity (Wildman–Crippen MR) is 71.7 cm³/mol. The van der Waals surface area contributed by atoms with E-state index in [1.807, 2.05) is 0 Å². The number of carbonyl (C=O) groups is 1. The molecule has 1 rings (SSSR count). The summed E-state index contributed by atoms with van der Waals surface area (Å²) in [6.45, 7) is 7.27. The van der Waals surface area contributed by atoms with Crippen LogP contribution in [0.1, 0.15) is 59.3 Å². The summed E-state index contributed by atoms with van der Waals surface area (Å²) in [4.78, 5) is 14.3. The van der Waals surface area contributed by atoms with E-state index in [1.54, 1.807) is 0 Å². The van der Waals surface area contributed by atoms with Crippen molar-refractivity contribution in [1.82, 2.24) is 4.90 Å². The quantitative estimate of drug-likeness (QED) is 0.802. The monoisotopic (exact) mass is 240 g/mol. The van der Waals surface area contributed by atoms with Crippen LogP contribution < -0.4 is 5.73 Å². The maximum Gasteiger partial charge on any atom is 0.223 e. The Balaban J connectivity index is 2.40. The maximum absolute atomic E-state index is 12.2. The summed E-state index contributed by atoms with van der Waals surface area (Å²) in [5, 5.41) is 0. The molecule has 0 radical (unpaired) electrons. The molecule has 1 aliphatic rings. The Morgan fingerprint density at radius 2 is 1.88 bits per heavy atom. The zero-order valence-electron chi connectivity index (χ0n) is 11.6. The first kappa shape index (κ1) is 14.5. The highest BCUT2D eigenvalue weighted by Gasteiger charge is 2.28. The summed E-state index contributed by atoms with van der Waals surface area (Å²) in [6, 6.07) is 0.854. The molecule has 0 bridgehead atoms. The second-order valence-corrected chi connectivity index (χ2v) is 5.65. The van der Waals surface area contributed by atoms with E-state index < -0.39 is 0 Å². The Hall–Kier alpha value is -0.570. The highest BCUT2D eigenvalue weighted by atomic mass is 16.2. The standard InChI is InChI=1S/C14H28N2O/c1-11(9-10-15)7-8-14(17)16-12(2)5-4-6-13(16)3/h11-13H,4-10,15H2,1-3H3/t11?,12-,13+. The van der Waals surface area contributed by atoms with Gasteiger partial charge in [0.1, 0.15) is 0 Å². The molecule has 1 saturated heterocycles. The highest BCUT2D eigenvalue weighted by molar-refractivity contribution is 5.76. The van der Waals surface area contributed by atoms with Crippen molar-refractivity contribution in [3.63, 3.8) is 0 Å². The second-order valence-electron chi connectivity index (χ2n) is 5.65. The van der Waals surface area contributed by atoms with Crippen molar-refractivity contribution in [2.24, 2.45) is 11.7 Å². The van der Waals surface area contributed by atoms with Gasteiger partial charge in [0.2, 0.25) is 5.91 Å². The molecule has 0 saturated carbocycles. The molecule has 0 aromatic rings. The van der Waals surface area contributed by atoms with Crippen LogP contribution in [0.25, 0.3) is 0 Å². The Kier molecular flexibility index (Phi) is 5.96. The highest BCUT2D eigenvalue weighted by Crippen LogP contribution is 2.24. The number of carbonyl (C=O) groups excluding carboxylic acids is 1. The average Bonchev–Trinajstić information content (AvgIpc) is 2.26. The van der Waals surface area contributed by atoms with Crippen LogP contribution in [-0.2, 0) is 4.79 Å². The number of hydrogen-bond acceptors (Lipinski definition) is 2. The molecule has 0 aliphatic carbocycles. The van der Waals surface area contributed by atoms with Gasteiger partial charge in [-0.15, -0.1) is 0 Å². The number of likely N-dealkylation sites (tertiary alicyclic amines) is 1. The third kappa shape index (κ3) is 4.30. The van der Waals surface area contributed by atoms with Gasteiger partial charge < -0.3 is 10.6 Å². The number of piperidine rings is 1. The van der Waals surface area contributed by atoms with Gasteiger partial charge >= 0.3 is 0 Å². The van der Waals surface area contributed by atoms with Crippen molar-refractivity contribution in [3.05, 3.63) is 0 Å². The molecule has 1 amide bonds. The van der Waals surface area contributed by atoms with E-state index in [0.717, 1.165) is 32.2 Å². The molecular formula is C14H28N2O. The lowest BCUT2D eigenvalue weighted by atomic mass is 9.95. The minimum absolute atomic E-state index is 0.341. The van der Waals surface area contributed by atoms with E-state index in [0.29, 0.717) is 30.3 Å². The fraction of sp³-hybridized carbons (Fsp3) is 0.929. The van der Waals surface area contributed by atoms with Gasteiger partial charge in [0, 0.05) is 18.5 Å². The van der Waals surface area contributed by atoms with Gasteiger partial charge in [0.15, 0.2) is 0 Å². The lowest BCUT2D eigenvalue weighted by molar-refractivity contribution is -0.137. The van der Waals surface area contributed by atoms with Gasteiger partial charge in [-0.1, -0.05) is 6.92 Å². The number of hydrogen-bond donors (Lipinski definition) is 1. The van der Waals surface area contributed by atoms with Crippen molar-refractivity contribution in [2.45, 2.75) is 71.4 Å². The van der Waals surface area contributed by atoms with E-state index in [1.165, 1.54) is 6.42 Å². The van der Waals surface area contributed by atoms with E-state index in [2.05, 4.69) is 25.7 Å². The van der Waals surface area contributed by atoms with Crippen LogP contribution in [0.5, 0.6) is 0 Å². The van der Waals surface area contributed by atoms with Crippen LogP contribution >= 0.6 is 0 Å². The third-order valence-electron chi connectivity index (χ3n) is 3.99. The minimum Gasteiger partial charge on any atom is -0.337 e. The molecule has 0 aromatic heterocycles. The van der Waals surface area contributed by atoms with Crippen LogP contribution in [0, 0.1) is 5.92 Å². The topological polar surface area (TPSA) is 46.3 Å². The molecule has 1 unspecified atom stereocenters. The first-order chi connectivity index (χ1) is 8.06. The lowest BCUT2D eigenvalue weighted by Gasteiger charge is -2.39. The van der Waals surface area contributed by atoms with Gasteiger partial charge in [0.05, 0.1) is 0 Å². The normalized spacial score (nSPS) is 26.9. The van der Waals surface area contributed by atoms with Crippen molar-refractivity contribution in [1.29, 1.82) is 0 Å². The van der Waals surface area contributed by atoms with E-state index in [9.17, 15) is 4.79 Å². The first-order valence-electron chi connectivity index (χ1n) is 7.07. The van der Waals surface area contributed by atoms with Crippen LogP contribution in [-0.4, -0.2) is 29.4 Å². The fourth-order valence-electron chi connectivity index (χ4n) is 2.84. The van der Waals surface area contributed by atoms with Gasteiger partial charge in [-0.3, -0.25) is 4.79 Å². The molecule has 3 atom stereocenters. The Bertz CT molecular complexity index is 232. The van der Waals surface area contributed by atoms with E-state index in [-0.39, 0.29) is 0 Å². The molecule has 100 valence electrons. The molecule has 0 spiro atoms. The molecule has 3 nitrogen and oxygen atoms in total. The number of amides is 1. The van der Waals surface area contributed by atoms with Gasteiger partial charge in [-0.25, -0.2) is 0 Å². The van der Waals surface area contributed by atoms with Gasteiger partial charge in [-0.05, 0) is 58.4 Å². The number of rotatable bonds is 5. The summed E-state index contributed by atoms with van der Waals surface area (Å²) < 4.78 is 0. The van der Waals surface area contributed by atoms with Crippen molar-refractivity contribution in [2.75, 3.05) is 6.54 Å². The predicted octanol–water partition coefficient (Wildman–Crippen LogP) is 2.54. The molecule has 1 fully saturated rings. The Morgan fingerprint density at radius 1 is 1.29 bits per heavy atom. The molecule has 2 N–H and O–H groups in total. The third-order valence-corrected chi connectivity index (χ3v) is 3.99. The van der Waals surface area contributed by atoms with E-state index >= 15 is 0 Å². The zero-order chi connectivity index (χ0) is 12.8. The largest absolute Gasteiger partial charge is 0.337 e. The molecule has 1 heterocycles. The van der Waals surface area contributed by atoms with Crippen LogP contribution in [0.3, 0.4) is 0 Å².